The van der Waals surface area contributed by atoms with Crippen LogP contribution in [-0.4, -0.2) is 25.5 Å². The molecule has 0 saturated carbocycles. The fourth-order valence-corrected chi connectivity index (χ4v) is 2.39. The number of carbonyl (C=O) groups excluding carboxylic acids is 1. The lowest BCUT2D eigenvalue weighted by atomic mass is 10.2. The largest absolute Gasteiger partial charge is 0.372 e. The molecule has 0 aromatic heterocycles. The van der Waals surface area contributed by atoms with Crippen molar-refractivity contribution in [3.63, 3.8) is 0 Å². The van der Waals surface area contributed by atoms with E-state index < -0.39 is 0 Å². The molecule has 2 aromatic rings. The van der Waals surface area contributed by atoms with Crippen LogP contribution in [0.3, 0.4) is 0 Å². The third-order valence-electron chi connectivity index (χ3n) is 3.70. The molecule has 3 nitrogen and oxygen atoms in total. The lowest BCUT2D eigenvalue weighted by molar-refractivity contribution is -0.116. The number of carbonyl (C=O) groups is 1. The summed E-state index contributed by atoms with van der Waals surface area (Å²) in [4.78, 5) is 14.1. The van der Waals surface area contributed by atoms with Crippen molar-refractivity contribution in [1.29, 1.82) is 0 Å². The zero-order valence-electron chi connectivity index (χ0n) is 13.9. The van der Waals surface area contributed by atoms with Gasteiger partial charge < -0.3 is 10.2 Å². The quantitative estimate of drug-likeness (QED) is 0.590. The standard InChI is InChI=1S/C20H23FN2O/c1-2-23(19-7-4-3-5-8-19)16-6-15-22-20(24)14-11-17-9-12-18(21)13-10-17/h3-5,7-14H,2,6,15-16H2,1H3,(H,22,24)/b14-11+. The normalized spacial score (nSPS) is 10.8. The average molecular weight is 326 g/mol. The highest BCUT2D eigenvalue weighted by Gasteiger charge is 2.03. The Morgan fingerprint density at radius 1 is 1.12 bits per heavy atom. The van der Waals surface area contributed by atoms with E-state index in [1.54, 1.807) is 18.2 Å². The van der Waals surface area contributed by atoms with Crippen LogP contribution in [0.4, 0.5) is 10.1 Å². The number of rotatable bonds is 8. The molecular weight excluding hydrogens is 303 g/mol. The number of benzene rings is 2. The van der Waals surface area contributed by atoms with Crippen LogP contribution >= 0.6 is 0 Å². The van der Waals surface area contributed by atoms with E-state index in [0.29, 0.717) is 6.54 Å². The molecule has 2 rings (SSSR count). The number of halogens is 1. The first-order valence-corrected chi connectivity index (χ1v) is 8.20. The molecule has 0 atom stereocenters. The van der Waals surface area contributed by atoms with E-state index >= 15 is 0 Å². The van der Waals surface area contributed by atoms with E-state index in [-0.39, 0.29) is 11.7 Å². The number of para-hydroxylation sites is 1. The Kier molecular flexibility index (Phi) is 7.02. The maximum atomic E-state index is 12.8. The summed E-state index contributed by atoms with van der Waals surface area (Å²) >= 11 is 0. The molecule has 0 aliphatic rings. The van der Waals surface area contributed by atoms with Crippen molar-refractivity contribution in [2.75, 3.05) is 24.5 Å². The minimum absolute atomic E-state index is 0.137. The lowest BCUT2D eigenvalue weighted by Crippen LogP contribution is -2.29. The molecule has 0 radical (unpaired) electrons. The van der Waals surface area contributed by atoms with Crippen LogP contribution < -0.4 is 10.2 Å². The Morgan fingerprint density at radius 3 is 2.50 bits per heavy atom. The topological polar surface area (TPSA) is 32.3 Å². The Bertz CT molecular complexity index is 653. The smallest absolute Gasteiger partial charge is 0.244 e. The van der Waals surface area contributed by atoms with Gasteiger partial charge >= 0.3 is 0 Å². The number of hydrogen-bond acceptors (Lipinski definition) is 2. The van der Waals surface area contributed by atoms with E-state index in [0.717, 1.165) is 25.1 Å². The molecule has 0 spiro atoms. The molecule has 0 aliphatic heterocycles. The van der Waals surface area contributed by atoms with Gasteiger partial charge in [-0.2, -0.15) is 0 Å². The maximum absolute atomic E-state index is 12.8. The summed E-state index contributed by atoms with van der Waals surface area (Å²) in [6.07, 6.45) is 4.03. The van der Waals surface area contributed by atoms with Crippen molar-refractivity contribution < 1.29 is 9.18 Å². The third kappa shape index (κ3) is 5.88. The summed E-state index contributed by atoms with van der Waals surface area (Å²) in [6.45, 7) is 4.57. The van der Waals surface area contributed by atoms with Gasteiger partial charge in [0.25, 0.3) is 0 Å². The van der Waals surface area contributed by atoms with Gasteiger partial charge in [-0.05, 0) is 49.2 Å². The summed E-state index contributed by atoms with van der Waals surface area (Å²) < 4.78 is 12.8. The molecule has 0 saturated heterocycles. The van der Waals surface area contributed by atoms with Crippen molar-refractivity contribution >= 4 is 17.7 Å². The zero-order valence-corrected chi connectivity index (χ0v) is 13.9. The molecule has 0 bridgehead atoms. The van der Waals surface area contributed by atoms with Crippen LogP contribution in [0.5, 0.6) is 0 Å². The van der Waals surface area contributed by atoms with Gasteiger partial charge in [-0.15, -0.1) is 0 Å². The Balaban J connectivity index is 1.71. The molecule has 24 heavy (non-hydrogen) atoms. The van der Waals surface area contributed by atoms with Gasteiger partial charge in [0.15, 0.2) is 0 Å². The predicted molar refractivity (Wildman–Crippen MR) is 97.4 cm³/mol. The summed E-state index contributed by atoms with van der Waals surface area (Å²) in [6, 6.07) is 16.3. The summed E-state index contributed by atoms with van der Waals surface area (Å²) in [5.74, 6) is -0.419. The second-order valence-electron chi connectivity index (χ2n) is 5.44. The first-order chi connectivity index (χ1) is 11.7. The van der Waals surface area contributed by atoms with Crippen molar-refractivity contribution in [2.45, 2.75) is 13.3 Å². The van der Waals surface area contributed by atoms with Crippen LogP contribution in [0, 0.1) is 5.82 Å². The Labute approximate surface area is 142 Å². The van der Waals surface area contributed by atoms with Crippen molar-refractivity contribution in [1.82, 2.24) is 5.32 Å². The van der Waals surface area contributed by atoms with Crippen molar-refractivity contribution in [3.8, 4) is 0 Å². The molecule has 2 aromatic carbocycles. The molecule has 4 heteroatoms. The second kappa shape index (κ2) is 9.50. The highest BCUT2D eigenvalue weighted by molar-refractivity contribution is 5.91. The molecule has 1 N–H and O–H groups in total. The first kappa shape index (κ1) is 17.7. The predicted octanol–water partition coefficient (Wildman–Crippen LogP) is 3.87. The van der Waals surface area contributed by atoms with Gasteiger partial charge in [0, 0.05) is 31.4 Å². The minimum atomic E-state index is -0.282. The first-order valence-electron chi connectivity index (χ1n) is 8.20. The Morgan fingerprint density at radius 2 is 1.83 bits per heavy atom. The molecule has 0 heterocycles. The molecule has 0 aliphatic carbocycles. The van der Waals surface area contributed by atoms with Crippen molar-refractivity contribution in [2.24, 2.45) is 0 Å². The third-order valence-corrected chi connectivity index (χ3v) is 3.70. The summed E-state index contributed by atoms with van der Waals surface area (Å²) in [5, 5.41) is 2.87. The fraction of sp³-hybridized carbons (Fsp3) is 0.250. The molecule has 1 amide bonds. The van der Waals surface area contributed by atoms with E-state index in [2.05, 4.69) is 29.3 Å². The van der Waals surface area contributed by atoms with Gasteiger partial charge in [-0.3, -0.25) is 4.79 Å². The molecule has 0 unspecified atom stereocenters. The summed E-state index contributed by atoms with van der Waals surface area (Å²) in [7, 11) is 0. The van der Waals surface area contributed by atoms with Gasteiger partial charge in [-0.1, -0.05) is 30.3 Å². The highest BCUT2D eigenvalue weighted by Crippen LogP contribution is 2.12. The van der Waals surface area contributed by atoms with E-state index in [1.807, 2.05) is 18.2 Å². The van der Waals surface area contributed by atoms with Gasteiger partial charge in [0.2, 0.25) is 5.91 Å². The highest BCUT2D eigenvalue weighted by atomic mass is 19.1. The van der Waals surface area contributed by atoms with Crippen LogP contribution in [0.1, 0.15) is 18.9 Å². The van der Waals surface area contributed by atoms with Gasteiger partial charge in [0.1, 0.15) is 5.82 Å². The number of nitrogens with one attached hydrogen (secondary N) is 1. The Hall–Kier alpha value is -2.62. The van der Waals surface area contributed by atoms with E-state index in [9.17, 15) is 9.18 Å². The number of hydrogen-bond donors (Lipinski definition) is 1. The number of anilines is 1. The molecule has 126 valence electrons. The van der Waals surface area contributed by atoms with Crippen LogP contribution in [0.2, 0.25) is 0 Å². The van der Waals surface area contributed by atoms with Crippen LogP contribution in [0.25, 0.3) is 6.08 Å². The van der Waals surface area contributed by atoms with Crippen molar-refractivity contribution in [3.05, 3.63) is 72.1 Å². The second-order valence-corrected chi connectivity index (χ2v) is 5.44. The zero-order chi connectivity index (χ0) is 17.2. The van der Waals surface area contributed by atoms with E-state index in [4.69, 9.17) is 0 Å². The fourth-order valence-electron chi connectivity index (χ4n) is 2.39. The molecule has 0 fully saturated rings. The average Bonchev–Trinajstić information content (AvgIpc) is 2.62. The maximum Gasteiger partial charge on any atom is 0.244 e. The van der Waals surface area contributed by atoms with E-state index in [1.165, 1.54) is 23.9 Å². The lowest BCUT2D eigenvalue weighted by Gasteiger charge is -2.23. The minimum Gasteiger partial charge on any atom is -0.372 e. The summed E-state index contributed by atoms with van der Waals surface area (Å²) in [5.41, 5.74) is 2.00. The van der Waals surface area contributed by atoms with Crippen LogP contribution in [0.15, 0.2) is 60.7 Å². The number of nitrogens with zero attached hydrogens (tertiary/aromatic N) is 1. The van der Waals surface area contributed by atoms with Gasteiger partial charge in [0.05, 0.1) is 0 Å². The SMILES string of the molecule is CCN(CCCNC(=O)/C=C/c1ccc(F)cc1)c1ccccc1. The monoisotopic (exact) mass is 326 g/mol. The molecular formula is C20H23FN2O. The van der Waals surface area contributed by atoms with Crippen LogP contribution in [-0.2, 0) is 4.79 Å². The number of amides is 1. The van der Waals surface area contributed by atoms with Gasteiger partial charge in [-0.25, -0.2) is 4.39 Å².